The zero-order valence-corrected chi connectivity index (χ0v) is 18.8. The van der Waals surface area contributed by atoms with Crippen molar-refractivity contribution in [1.82, 2.24) is 19.7 Å². The standard InChI is InChI=1S/C23H28N6O4/c1-3-29-22-18(10-25-29)21(28-11-16-5-6-17(12-28)32-16)26-20(27-22)14-4-7-19(33-23(24)31)15(9-14)8-13(2)30/h4,7,9-10,13,16-17,30H,3,5-6,8,11-12H2,1-2H3,(H2,24,31). The molecule has 10 heteroatoms. The summed E-state index contributed by atoms with van der Waals surface area (Å²) in [7, 11) is 0. The van der Waals surface area contributed by atoms with Gasteiger partial charge in [0, 0.05) is 31.6 Å². The average Bonchev–Trinajstić information content (AvgIpc) is 3.35. The Labute approximate surface area is 191 Å². The number of nitrogens with two attached hydrogens (primary N) is 1. The number of hydrogen-bond donors (Lipinski definition) is 2. The molecule has 0 saturated carbocycles. The van der Waals surface area contributed by atoms with E-state index >= 15 is 0 Å². The number of carbonyl (C=O) groups is 1. The second-order valence-electron chi connectivity index (χ2n) is 8.73. The third-order valence-electron chi connectivity index (χ3n) is 6.16. The summed E-state index contributed by atoms with van der Waals surface area (Å²) in [4.78, 5) is 23.4. The minimum atomic E-state index is -0.900. The van der Waals surface area contributed by atoms with Crippen molar-refractivity contribution in [2.75, 3.05) is 18.0 Å². The monoisotopic (exact) mass is 452 g/mol. The van der Waals surface area contributed by atoms with Crippen molar-refractivity contribution >= 4 is 22.9 Å². The van der Waals surface area contributed by atoms with E-state index in [1.54, 1.807) is 19.1 Å². The second kappa shape index (κ2) is 8.60. The van der Waals surface area contributed by atoms with E-state index < -0.39 is 12.2 Å². The molecule has 0 aliphatic carbocycles. The van der Waals surface area contributed by atoms with Crippen LogP contribution in [0.2, 0.25) is 0 Å². The fourth-order valence-corrected chi connectivity index (χ4v) is 4.73. The SMILES string of the molecule is CCn1ncc2c(N3CC4CCC(C3)O4)nc(-c3ccc(OC(N)=O)c(CC(C)O)c3)nc21. The highest BCUT2D eigenvalue weighted by molar-refractivity contribution is 5.89. The van der Waals surface area contributed by atoms with E-state index in [-0.39, 0.29) is 12.2 Å². The summed E-state index contributed by atoms with van der Waals surface area (Å²) >= 11 is 0. The predicted octanol–water partition coefficient (Wildman–Crippen LogP) is 2.26. The summed E-state index contributed by atoms with van der Waals surface area (Å²) in [6, 6.07) is 5.30. The first kappa shape index (κ1) is 21.6. The number of aliphatic hydroxyl groups excluding tert-OH is 1. The van der Waals surface area contributed by atoms with Gasteiger partial charge in [0.2, 0.25) is 0 Å². The van der Waals surface area contributed by atoms with Crippen LogP contribution in [0.25, 0.3) is 22.4 Å². The molecule has 1 aromatic carbocycles. The molecule has 4 heterocycles. The first-order chi connectivity index (χ1) is 15.9. The van der Waals surface area contributed by atoms with Crippen LogP contribution >= 0.6 is 0 Å². The molecule has 0 spiro atoms. The van der Waals surface area contributed by atoms with E-state index in [2.05, 4.69) is 10.00 Å². The van der Waals surface area contributed by atoms with E-state index in [1.807, 2.05) is 23.9 Å². The molecule has 2 aromatic heterocycles. The molecule has 33 heavy (non-hydrogen) atoms. The zero-order valence-electron chi connectivity index (χ0n) is 18.8. The van der Waals surface area contributed by atoms with Gasteiger partial charge in [0.25, 0.3) is 0 Å². The van der Waals surface area contributed by atoms with Gasteiger partial charge in [-0.2, -0.15) is 5.10 Å². The molecule has 2 aliphatic rings. The molecule has 2 saturated heterocycles. The van der Waals surface area contributed by atoms with Crippen LogP contribution in [0.5, 0.6) is 5.75 Å². The summed E-state index contributed by atoms with van der Waals surface area (Å²) in [6.07, 6.45) is 3.19. The van der Waals surface area contributed by atoms with Crippen molar-refractivity contribution < 1.29 is 19.4 Å². The van der Waals surface area contributed by atoms with Crippen molar-refractivity contribution in [3.8, 4) is 17.1 Å². The van der Waals surface area contributed by atoms with E-state index in [0.717, 1.165) is 48.3 Å². The van der Waals surface area contributed by atoms with Crippen molar-refractivity contribution in [3.63, 3.8) is 0 Å². The highest BCUT2D eigenvalue weighted by atomic mass is 16.5. The Morgan fingerprint density at radius 2 is 2.06 bits per heavy atom. The lowest BCUT2D eigenvalue weighted by molar-refractivity contribution is 0.0303. The molecule has 0 radical (unpaired) electrons. The van der Waals surface area contributed by atoms with Crippen molar-refractivity contribution in [1.29, 1.82) is 0 Å². The lowest BCUT2D eigenvalue weighted by atomic mass is 10.0. The molecule has 174 valence electrons. The number of benzene rings is 1. The van der Waals surface area contributed by atoms with E-state index in [1.165, 1.54) is 0 Å². The number of carbonyl (C=O) groups excluding carboxylic acids is 1. The van der Waals surface area contributed by atoms with Gasteiger partial charge in [-0.15, -0.1) is 0 Å². The van der Waals surface area contributed by atoms with Gasteiger partial charge < -0.3 is 25.2 Å². The Balaban J connectivity index is 1.61. The van der Waals surface area contributed by atoms with Crippen LogP contribution < -0.4 is 15.4 Å². The number of aliphatic hydroxyl groups is 1. The van der Waals surface area contributed by atoms with Crippen molar-refractivity contribution in [3.05, 3.63) is 30.0 Å². The first-order valence-electron chi connectivity index (χ1n) is 11.3. The number of fused-ring (bicyclic) bond motifs is 3. The molecule has 2 bridgehead atoms. The topological polar surface area (TPSA) is 129 Å². The van der Waals surface area contributed by atoms with Crippen LogP contribution in [0.1, 0.15) is 32.3 Å². The van der Waals surface area contributed by atoms with Gasteiger partial charge in [0.1, 0.15) is 11.6 Å². The van der Waals surface area contributed by atoms with Crippen molar-refractivity contribution in [2.24, 2.45) is 5.73 Å². The summed E-state index contributed by atoms with van der Waals surface area (Å²) in [5.41, 5.74) is 7.39. The smallest absolute Gasteiger partial charge is 0.409 e. The maximum Gasteiger partial charge on any atom is 0.409 e. The Morgan fingerprint density at radius 3 is 2.73 bits per heavy atom. The van der Waals surface area contributed by atoms with Gasteiger partial charge in [0.05, 0.1) is 29.9 Å². The Bertz CT molecular complexity index is 1180. The fraction of sp³-hybridized carbons (Fsp3) is 0.478. The van der Waals surface area contributed by atoms with Crippen molar-refractivity contribution in [2.45, 2.75) is 58.0 Å². The number of ether oxygens (including phenoxy) is 2. The highest BCUT2D eigenvalue weighted by Crippen LogP contribution is 2.34. The number of hydrogen-bond acceptors (Lipinski definition) is 8. The molecule has 3 N–H and O–H groups in total. The number of amides is 1. The lowest BCUT2D eigenvalue weighted by Crippen LogP contribution is -2.43. The first-order valence-corrected chi connectivity index (χ1v) is 11.3. The van der Waals surface area contributed by atoms with Crippen LogP contribution in [0.3, 0.4) is 0 Å². The zero-order chi connectivity index (χ0) is 23.1. The van der Waals surface area contributed by atoms with Crippen LogP contribution in [-0.4, -0.2) is 62.3 Å². The third kappa shape index (κ3) is 4.23. The van der Waals surface area contributed by atoms with Gasteiger partial charge in [-0.3, -0.25) is 0 Å². The maximum atomic E-state index is 11.3. The molecule has 3 aromatic rings. The molecule has 3 unspecified atom stereocenters. The van der Waals surface area contributed by atoms with Crippen LogP contribution in [0.4, 0.5) is 10.6 Å². The number of primary amides is 1. The quantitative estimate of drug-likeness (QED) is 0.583. The van der Waals surface area contributed by atoms with Crippen LogP contribution in [-0.2, 0) is 17.7 Å². The van der Waals surface area contributed by atoms with Crippen LogP contribution in [0, 0.1) is 0 Å². The minimum Gasteiger partial charge on any atom is -0.410 e. The second-order valence-corrected chi connectivity index (χ2v) is 8.73. The predicted molar refractivity (Wildman–Crippen MR) is 122 cm³/mol. The molecule has 5 rings (SSSR count). The van der Waals surface area contributed by atoms with E-state index in [9.17, 15) is 9.90 Å². The van der Waals surface area contributed by atoms with Gasteiger partial charge in [-0.1, -0.05) is 0 Å². The molecule has 1 amide bonds. The summed E-state index contributed by atoms with van der Waals surface area (Å²) in [5, 5.41) is 15.4. The molecule has 10 nitrogen and oxygen atoms in total. The molecular weight excluding hydrogens is 424 g/mol. The third-order valence-corrected chi connectivity index (χ3v) is 6.16. The summed E-state index contributed by atoms with van der Waals surface area (Å²) < 4.78 is 13.0. The normalized spacial score (nSPS) is 20.9. The number of aryl methyl sites for hydroxylation is 1. The number of aromatic nitrogens is 4. The van der Waals surface area contributed by atoms with Crippen LogP contribution in [0.15, 0.2) is 24.4 Å². The fourth-order valence-electron chi connectivity index (χ4n) is 4.73. The number of nitrogens with zero attached hydrogens (tertiary/aromatic N) is 5. The van der Waals surface area contributed by atoms with Gasteiger partial charge in [-0.05, 0) is 50.5 Å². The molecular formula is C23H28N6O4. The molecule has 2 aliphatic heterocycles. The average molecular weight is 453 g/mol. The Morgan fingerprint density at radius 1 is 1.30 bits per heavy atom. The number of rotatable bonds is 6. The van der Waals surface area contributed by atoms with Gasteiger partial charge in [-0.25, -0.2) is 19.4 Å². The van der Waals surface area contributed by atoms with E-state index in [4.69, 9.17) is 25.2 Å². The number of morpholine rings is 1. The summed E-state index contributed by atoms with van der Waals surface area (Å²) in [6.45, 7) is 5.97. The maximum absolute atomic E-state index is 11.3. The Kier molecular flexibility index (Phi) is 5.63. The highest BCUT2D eigenvalue weighted by Gasteiger charge is 2.35. The van der Waals surface area contributed by atoms with Gasteiger partial charge in [0.15, 0.2) is 11.5 Å². The van der Waals surface area contributed by atoms with E-state index in [0.29, 0.717) is 30.1 Å². The molecule has 2 fully saturated rings. The largest absolute Gasteiger partial charge is 0.410 e. The lowest BCUT2D eigenvalue weighted by Gasteiger charge is -2.33. The van der Waals surface area contributed by atoms with Gasteiger partial charge >= 0.3 is 6.09 Å². The molecule has 3 atom stereocenters. The summed E-state index contributed by atoms with van der Waals surface area (Å²) in [5.74, 6) is 1.71. The Hall–Kier alpha value is -3.24. The minimum absolute atomic E-state index is 0.223. The number of anilines is 1.